The van der Waals surface area contributed by atoms with E-state index in [9.17, 15) is 15.0 Å². The molecule has 2 atom stereocenters. The number of carbonyl (C=O) groups is 1. The molecule has 0 bridgehead atoms. The van der Waals surface area contributed by atoms with Gasteiger partial charge in [0.05, 0.1) is 6.61 Å². The zero-order chi connectivity index (χ0) is 12.3. The molecule has 2 unspecified atom stereocenters. The van der Waals surface area contributed by atoms with E-state index >= 15 is 0 Å². The zero-order valence-electron chi connectivity index (χ0n) is 8.92. The van der Waals surface area contributed by atoms with Crippen LogP contribution in [0.25, 0.3) is 0 Å². The van der Waals surface area contributed by atoms with E-state index < -0.39 is 18.1 Å². The number of benzene rings is 1. The van der Waals surface area contributed by atoms with Crippen molar-refractivity contribution in [1.82, 2.24) is 0 Å². The number of rotatable bonds is 4. The maximum Gasteiger partial charge on any atom is 0.249 e. The highest BCUT2D eigenvalue weighted by Crippen LogP contribution is 2.22. The number of primary amides is 1. The van der Waals surface area contributed by atoms with Gasteiger partial charge in [-0.15, -0.1) is 0 Å². The first-order valence-electron chi connectivity index (χ1n) is 4.83. The van der Waals surface area contributed by atoms with Crippen LogP contribution in [-0.2, 0) is 11.4 Å². The fourth-order valence-corrected chi connectivity index (χ4v) is 1.43. The van der Waals surface area contributed by atoms with E-state index in [1.807, 2.05) is 0 Å². The van der Waals surface area contributed by atoms with Crippen LogP contribution >= 0.6 is 0 Å². The minimum Gasteiger partial charge on any atom is -0.392 e. The number of aliphatic hydroxyl groups is 3. The summed E-state index contributed by atoms with van der Waals surface area (Å²) in [5, 5.41) is 28.0. The Balaban J connectivity index is 3.06. The summed E-state index contributed by atoms with van der Waals surface area (Å²) in [6, 6.07) is 4.92. The first kappa shape index (κ1) is 12.6. The molecule has 0 heterocycles. The van der Waals surface area contributed by atoms with Crippen LogP contribution in [0.15, 0.2) is 18.2 Å². The predicted molar refractivity (Wildman–Crippen MR) is 57.3 cm³/mol. The topological polar surface area (TPSA) is 104 Å². The van der Waals surface area contributed by atoms with Gasteiger partial charge in [0.2, 0.25) is 5.91 Å². The molecule has 5 N–H and O–H groups in total. The number of aryl methyl sites for hydroxylation is 1. The monoisotopic (exact) mass is 225 g/mol. The molecule has 0 aromatic heterocycles. The largest absolute Gasteiger partial charge is 0.392 e. The minimum absolute atomic E-state index is 0.174. The van der Waals surface area contributed by atoms with Crippen molar-refractivity contribution in [2.24, 2.45) is 5.73 Å². The Morgan fingerprint density at radius 1 is 1.44 bits per heavy atom. The molecule has 0 aliphatic rings. The van der Waals surface area contributed by atoms with E-state index in [0.29, 0.717) is 16.7 Å². The van der Waals surface area contributed by atoms with Crippen LogP contribution in [-0.4, -0.2) is 27.3 Å². The Morgan fingerprint density at radius 2 is 2.06 bits per heavy atom. The Labute approximate surface area is 93.1 Å². The lowest BCUT2D eigenvalue weighted by Gasteiger charge is -2.18. The maximum atomic E-state index is 10.7. The molecule has 1 aromatic carbocycles. The van der Waals surface area contributed by atoms with Crippen molar-refractivity contribution in [3.63, 3.8) is 0 Å². The van der Waals surface area contributed by atoms with E-state index in [2.05, 4.69) is 0 Å². The predicted octanol–water partition coefficient (Wildman–Crippen LogP) is -0.633. The third-order valence-corrected chi connectivity index (χ3v) is 2.44. The summed E-state index contributed by atoms with van der Waals surface area (Å²) in [6.07, 6.45) is -3.02. The fraction of sp³-hybridized carbons (Fsp3) is 0.364. The molecule has 5 heteroatoms. The molecule has 0 spiro atoms. The van der Waals surface area contributed by atoms with Crippen molar-refractivity contribution in [3.8, 4) is 0 Å². The average Bonchev–Trinajstić information content (AvgIpc) is 2.27. The molecule has 0 aliphatic carbocycles. The molecule has 16 heavy (non-hydrogen) atoms. The van der Waals surface area contributed by atoms with E-state index in [1.54, 1.807) is 19.1 Å². The highest BCUT2D eigenvalue weighted by molar-refractivity contribution is 5.79. The van der Waals surface area contributed by atoms with Crippen molar-refractivity contribution >= 4 is 5.91 Å². The number of carbonyl (C=O) groups excluding carboxylic acids is 1. The van der Waals surface area contributed by atoms with Crippen LogP contribution in [0, 0.1) is 6.92 Å². The number of hydrogen-bond acceptors (Lipinski definition) is 4. The molecule has 0 fully saturated rings. The van der Waals surface area contributed by atoms with Gasteiger partial charge in [0.25, 0.3) is 0 Å². The van der Waals surface area contributed by atoms with Crippen molar-refractivity contribution in [3.05, 3.63) is 34.9 Å². The van der Waals surface area contributed by atoms with Crippen LogP contribution in [0.2, 0.25) is 0 Å². The Bertz CT molecular complexity index is 392. The average molecular weight is 225 g/mol. The highest BCUT2D eigenvalue weighted by Gasteiger charge is 2.24. The lowest BCUT2D eigenvalue weighted by molar-refractivity contribution is -0.132. The van der Waals surface area contributed by atoms with Crippen molar-refractivity contribution in [2.75, 3.05) is 0 Å². The summed E-state index contributed by atoms with van der Waals surface area (Å²) >= 11 is 0. The molecule has 0 aliphatic heterocycles. The summed E-state index contributed by atoms with van der Waals surface area (Å²) in [6.45, 7) is 1.56. The Morgan fingerprint density at radius 3 is 2.56 bits per heavy atom. The molecule has 0 saturated carbocycles. The van der Waals surface area contributed by atoms with Crippen LogP contribution in [0.3, 0.4) is 0 Å². The fourth-order valence-electron chi connectivity index (χ4n) is 1.43. The van der Waals surface area contributed by atoms with Gasteiger partial charge < -0.3 is 21.1 Å². The summed E-state index contributed by atoms with van der Waals surface area (Å²) < 4.78 is 0. The third kappa shape index (κ3) is 2.57. The molecule has 1 amide bonds. The number of aliphatic hydroxyl groups excluding tert-OH is 3. The number of nitrogens with two attached hydrogens (primary N) is 1. The molecular weight excluding hydrogens is 210 g/mol. The summed E-state index contributed by atoms with van der Waals surface area (Å²) in [7, 11) is 0. The first-order valence-corrected chi connectivity index (χ1v) is 4.83. The SMILES string of the molecule is Cc1ccc(CO)cc1C(O)C(O)C(N)=O. The van der Waals surface area contributed by atoms with E-state index in [1.165, 1.54) is 6.07 Å². The van der Waals surface area contributed by atoms with Crippen molar-refractivity contribution in [2.45, 2.75) is 25.7 Å². The molecule has 0 saturated heterocycles. The van der Waals surface area contributed by atoms with Gasteiger partial charge in [0, 0.05) is 0 Å². The highest BCUT2D eigenvalue weighted by atomic mass is 16.3. The van der Waals surface area contributed by atoms with Gasteiger partial charge in [-0.2, -0.15) is 0 Å². The molecule has 1 aromatic rings. The van der Waals surface area contributed by atoms with Crippen LogP contribution in [0.1, 0.15) is 22.8 Å². The minimum atomic E-state index is -1.65. The van der Waals surface area contributed by atoms with Gasteiger partial charge in [-0.1, -0.05) is 18.2 Å². The molecule has 88 valence electrons. The second kappa shape index (κ2) is 5.07. The molecule has 0 radical (unpaired) electrons. The quantitative estimate of drug-likeness (QED) is 0.547. The Kier molecular flexibility index (Phi) is 4.00. The summed E-state index contributed by atoms with van der Waals surface area (Å²) in [4.78, 5) is 10.7. The summed E-state index contributed by atoms with van der Waals surface area (Å²) in [5.74, 6) is -0.985. The maximum absolute atomic E-state index is 10.7. The second-order valence-electron chi connectivity index (χ2n) is 3.64. The van der Waals surface area contributed by atoms with E-state index in [0.717, 1.165) is 0 Å². The van der Waals surface area contributed by atoms with Crippen LogP contribution < -0.4 is 5.73 Å². The van der Waals surface area contributed by atoms with Gasteiger partial charge in [0.15, 0.2) is 6.10 Å². The van der Waals surface area contributed by atoms with E-state index in [4.69, 9.17) is 10.8 Å². The molecule has 1 rings (SSSR count). The van der Waals surface area contributed by atoms with Gasteiger partial charge in [0.1, 0.15) is 6.10 Å². The van der Waals surface area contributed by atoms with Crippen molar-refractivity contribution < 1.29 is 20.1 Å². The molecule has 5 nitrogen and oxygen atoms in total. The van der Waals surface area contributed by atoms with E-state index in [-0.39, 0.29) is 6.61 Å². The molecular formula is C11H15NO4. The van der Waals surface area contributed by atoms with Gasteiger partial charge >= 0.3 is 0 Å². The number of amides is 1. The smallest absolute Gasteiger partial charge is 0.249 e. The second-order valence-corrected chi connectivity index (χ2v) is 3.64. The van der Waals surface area contributed by atoms with Gasteiger partial charge in [-0.05, 0) is 23.6 Å². The summed E-state index contributed by atoms with van der Waals surface area (Å²) in [5.41, 5.74) is 6.59. The third-order valence-electron chi connectivity index (χ3n) is 2.44. The Hall–Kier alpha value is -1.43. The van der Waals surface area contributed by atoms with Crippen molar-refractivity contribution in [1.29, 1.82) is 0 Å². The number of hydrogen-bond donors (Lipinski definition) is 4. The van der Waals surface area contributed by atoms with Gasteiger partial charge in [-0.3, -0.25) is 4.79 Å². The standard InChI is InChI=1S/C11H15NO4/c1-6-2-3-7(5-13)4-8(6)9(14)10(15)11(12)16/h2-4,9-10,13-15H,5H2,1H3,(H2,12,16). The van der Waals surface area contributed by atoms with Crippen LogP contribution in [0.4, 0.5) is 0 Å². The lowest BCUT2D eigenvalue weighted by Crippen LogP contribution is -2.34. The first-order chi connectivity index (χ1) is 7.47. The normalized spacial score (nSPS) is 14.5. The van der Waals surface area contributed by atoms with Crippen LogP contribution in [0.5, 0.6) is 0 Å². The zero-order valence-corrected chi connectivity index (χ0v) is 8.92. The lowest BCUT2D eigenvalue weighted by atomic mass is 9.97. The van der Waals surface area contributed by atoms with Gasteiger partial charge in [-0.25, -0.2) is 0 Å².